The van der Waals surface area contributed by atoms with Crippen LogP contribution in [0.25, 0.3) is 0 Å². The minimum Gasteiger partial charge on any atom is -0.466 e. The lowest BCUT2D eigenvalue weighted by molar-refractivity contribution is -0.143. The molecule has 0 aromatic rings. The molecule has 0 aromatic heterocycles. The molecule has 6 heteroatoms. The predicted octanol–water partition coefficient (Wildman–Crippen LogP) is 20.0. The molecule has 1 amide bonds. The molecule has 0 aliphatic rings. The molecule has 0 bridgehead atoms. The largest absolute Gasteiger partial charge is 0.466 e. The third-order valence-electron chi connectivity index (χ3n) is 15.1. The molecule has 416 valence electrons. The number of esters is 1. The summed E-state index contributed by atoms with van der Waals surface area (Å²) in [6.45, 7) is 4.98. The van der Waals surface area contributed by atoms with E-state index in [1.54, 1.807) is 0 Å². The lowest BCUT2D eigenvalue weighted by Gasteiger charge is -2.22. The summed E-state index contributed by atoms with van der Waals surface area (Å²) in [5.41, 5.74) is 0. The third-order valence-corrected chi connectivity index (χ3v) is 15.1. The lowest BCUT2D eigenvalue weighted by atomic mass is 10.0. The van der Waals surface area contributed by atoms with Crippen molar-refractivity contribution in [1.82, 2.24) is 5.32 Å². The first kappa shape index (κ1) is 68.6. The summed E-state index contributed by atoms with van der Waals surface area (Å²) in [5.74, 6) is -0.0272. The van der Waals surface area contributed by atoms with Gasteiger partial charge in [-0.1, -0.05) is 309 Å². The topological polar surface area (TPSA) is 95.9 Å². The van der Waals surface area contributed by atoms with Gasteiger partial charge in [0.05, 0.1) is 25.4 Å². The number of amides is 1. The maximum atomic E-state index is 12.5. The standard InChI is InChI=1S/C64H125NO5/c1-3-5-7-9-11-13-15-17-19-20-27-30-34-38-42-46-50-54-58-64(69)70-59-55-51-47-43-39-35-31-28-25-23-21-22-24-26-29-33-37-41-45-49-53-57-63(68)65-61(60-66)62(67)56-52-48-44-40-36-32-18-16-14-12-10-8-6-4-2/h22,24,61-62,66-67H,3-21,23,25-60H2,1-2H3,(H,65,68)/b24-22-. The van der Waals surface area contributed by atoms with Gasteiger partial charge in [0, 0.05) is 12.8 Å². The molecule has 0 fully saturated rings. The predicted molar refractivity (Wildman–Crippen MR) is 306 cm³/mol. The smallest absolute Gasteiger partial charge is 0.305 e. The average Bonchev–Trinajstić information content (AvgIpc) is 3.36. The van der Waals surface area contributed by atoms with Crippen LogP contribution in [0.15, 0.2) is 12.2 Å². The second-order valence-corrected chi connectivity index (χ2v) is 22.1. The number of ether oxygens (including phenoxy) is 1. The summed E-state index contributed by atoms with van der Waals surface area (Å²) in [6.07, 6.45) is 72.3. The zero-order chi connectivity index (χ0) is 50.7. The van der Waals surface area contributed by atoms with Gasteiger partial charge in [-0.05, 0) is 51.4 Å². The van der Waals surface area contributed by atoms with Crippen molar-refractivity contribution in [1.29, 1.82) is 0 Å². The molecule has 3 N–H and O–H groups in total. The number of carbonyl (C=O) groups excluding carboxylic acids is 2. The van der Waals surface area contributed by atoms with E-state index in [4.69, 9.17) is 4.74 Å². The number of hydrogen-bond donors (Lipinski definition) is 3. The Kier molecular flexibility index (Phi) is 59.0. The number of rotatable bonds is 60. The Morgan fingerprint density at radius 3 is 1.01 bits per heavy atom. The molecule has 0 aliphatic carbocycles. The first-order chi connectivity index (χ1) is 34.5. The molecular formula is C64H125NO5. The Hall–Kier alpha value is -1.40. The van der Waals surface area contributed by atoms with Gasteiger partial charge in [-0.2, -0.15) is 0 Å². The molecule has 70 heavy (non-hydrogen) atoms. The Morgan fingerprint density at radius 2 is 0.671 bits per heavy atom. The fourth-order valence-electron chi connectivity index (χ4n) is 10.2. The summed E-state index contributed by atoms with van der Waals surface area (Å²) in [5, 5.41) is 23.3. The molecule has 0 radical (unpaired) electrons. The van der Waals surface area contributed by atoms with Gasteiger partial charge in [0.2, 0.25) is 5.91 Å². The van der Waals surface area contributed by atoms with Crippen LogP contribution < -0.4 is 5.32 Å². The summed E-state index contributed by atoms with van der Waals surface area (Å²) in [6, 6.07) is -0.546. The zero-order valence-electron chi connectivity index (χ0n) is 47.5. The SMILES string of the molecule is CCCCCCCCCCCCCCCCCCCCC(=O)OCCCCCCCCCCCC/C=C\CCCCCCCCCC(=O)NC(CO)C(O)CCCCCCCCCCCCCCCC. The molecule has 0 saturated heterocycles. The average molecular weight is 989 g/mol. The Labute approximate surface area is 438 Å². The van der Waals surface area contributed by atoms with Crippen molar-refractivity contribution < 1.29 is 24.5 Å². The van der Waals surface area contributed by atoms with Crippen molar-refractivity contribution in [3.8, 4) is 0 Å². The molecular weight excluding hydrogens is 863 g/mol. The van der Waals surface area contributed by atoms with Crippen molar-refractivity contribution in [2.75, 3.05) is 13.2 Å². The Bertz CT molecular complexity index is 1050. The van der Waals surface area contributed by atoms with Crippen LogP contribution in [0, 0.1) is 0 Å². The van der Waals surface area contributed by atoms with Gasteiger partial charge in [-0.3, -0.25) is 9.59 Å². The molecule has 0 aliphatic heterocycles. The zero-order valence-corrected chi connectivity index (χ0v) is 47.5. The van der Waals surface area contributed by atoms with E-state index < -0.39 is 12.1 Å². The number of allylic oxidation sites excluding steroid dienone is 2. The van der Waals surface area contributed by atoms with Gasteiger partial charge < -0.3 is 20.3 Å². The lowest BCUT2D eigenvalue weighted by Crippen LogP contribution is -2.45. The number of aliphatic hydroxyl groups excluding tert-OH is 2. The third kappa shape index (κ3) is 55.9. The molecule has 2 unspecified atom stereocenters. The minimum atomic E-state index is -0.668. The van der Waals surface area contributed by atoms with Crippen molar-refractivity contribution in [2.24, 2.45) is 0 Å². The minimum absolute atomic E-state index is 0.0134. The molecule has 0 saturated carbocycles. The van der Waals surface area contributed by atoms with Crippen LogP contribution >= 0.6 is 0 Å². The second kappa shape index (κ2) is 60.2. The van der Waals surface area contributed by atoms with Gasteiger partial charge in [0.15, 0.2) is 0 Å². The van der Waals surface area contributed by atoms with Crippen LogP contribution in [0.3, 0.4) is 0 Å². The number of nitrogens with one attached hydrogen (secondary N) is 1. The van der Waals surface area contributed by atoms with E-state index in [9.17, 15) is 19.8 Å². The van der Waals surface area contributed by atoms with Gasteiger partial charge >= 0.3 is 5.97 Å². The van der Waals surface area contributed by atoms with Crippen molar-refractivity contribution >= 4 is 11.9 Å². The van der Waals surface area contributed by atoms with E-state index in [0.29, 0.717) is 25.9 Å². The van der Waals surface area contributed by atoms with Gasteiger partial charge in [0.1, 0.15) is 0 Å². The van der Waals surface area contributed by atoms with Crippen LogP contribution in [0.2, 0.25) is 0 Å². The normalized spacial score (nSPS) is 12.6. The van der Waals surface area contributed by atoms with Crippen LogP contribution in [0.4, 0.5) is 0 Å². The van der Waals surface area contributed by atoms with E-state index in [2.05, 4.69) is 31.3 Å². The van der Waals surface area contributed by atoms with Crippen molar-refractivity contribution in [3.05, 3.63) is 12.2 Å². The van der Waals surface area contributed by atoms with E-state index in [1.807, 2.05) is 0 Å². The van der Waals surface area contributed by atoms with Gasteiger partial charge in [-0.15, -0.1) is 0 Å². The van der Waals surface area contributed by atoms with E-state index in [-0.39, 0.29) is 18.5 Å². The molecule has 6 nitrogen and oxygen atoms in total. The molecule has 0 heterocycles. The highest BCUT2D eigenvalue weighted by Crippen LogP contribution is 2.18. The maximum Gasteiger partial charge on any atom is 0.305 e. The van der Waals surface area contributed by atoms with E-state index in [1.165, 1.54) is 289 Å². The van der Waals surface area contributed by atoms with Crippen LogP contribution in [0.5, 0.6) is 0 Å². The number of carbonyl (C=O) groups is 2. The molecule has 0 aromatic carbocycles. The summed E-state index contributed by atoms with van der Waals surface area (Å²) >= 11 is 0. The van der Waals surface area contributed by atoms with Crippen LogP contribution in [-0.2, 0) is 14.3 Å². The first-order valence-corrected chi connectivity index (χ1v) is 31.9. The number of hydrogen-bond acceptors (Lipinski definition) is 5. The van der Waals surface area contributed by atoms with Crippen molar-refractivity contribution in [3.63, 3.8) is 0 Å². The highest BCUT2D eigenvalue weighted by atomic mass is 16.5. The Morgan fingerprint density at radius 1 is 0.386 bits per heavy atom. The Balaban J connectivity index is 3.39. The van der Waals surface area contributed by atoms with Crippen LogP contribution in [-0.4, -0.2) is 47.4 Å². The van der Waals surface area contributed by atoms with E-state index in [0.717, 1.165) is 38.5 Å². The molecule has 2 atom stereocenters. The van der Waals surface area contributed by atoms with Gasteiger partial charge in [-0.25, -0.2) is 0 Å². The summed E-state index contributed by atoms with van der Waals surface area (Å²) in [4.78, 5) is 24.6. The summed E-state index contributed by atoms with van der Waals surface area (Å²) < 4.78 is 5.50. The maximum absolute atomic E-state index is 12.5. The number of aliphatic hydroxyl groups is 2. The fraction of sp³-hybridized carbons (Fsp3) is 0.938. The van der Waals surface area contributed by atoms with E-state index >= 15 is 0 Å². The second-order valence-electron chi connectivity index (χ2n) is 22.1. The highest BCUT2D eigenvalue weighted by molar-refractivity contribution is 5.76. The quantitative estimate of drug-likeness (QED) is 0.0321. The van der Waals surface area contributed by atoms with Crippen molar-refractivity contribution in [2.45, 2.75) is 373 Å². The monoisotopic (exact) mass is 988 g/mol. The first-order valence-electron chi connectivity index (χ1n) is 31.9. The molecule has 0 rings (SSSR count). The van der Waals surface area contributed by atoms with Gasteiger partial charge in [0.25, 0.3) is 0 Å². The fourth-order valence-corrected chi connectivity index (χ4v) is 10.2. The number of unbranched alkanes of at least 4 members (excludes halogenated alkanes) is 47. The van der Waals surface area contributed by atoms with Crippen LogP contribution in [0.1, 0.15) is 361 Å². The summed E-state index contributed by atoms with van der Waals surface area (Å²) in [7, 11) is 0. The highest BCUT2D eigenvalue weighted by Gasteiger charge is 2.20. The molecule has 0 spiro atoms.